The molecular formula is C29H40FN3O8S. The second-order valence-corrected chi connectivity index (χ2v) is 11.6. The number of aliphatic hydroxyl groups excluding tert-OH is 1. The number of amides is 2. The summed E-state index contributed by atoms with van der Waals surface area (Å²) < 4.78 is 36.4. The largest absolute Gasteiger partial charge is 0.496 e. The van der Waals surface area contributed by atoms with Crippen molar-refractivity contribution in [3.05, 3.63) is 45.6 Å². The Kier molecular flexibility index (Phi) is 10.9. The number of nitrogens with zero attached hydrogens (tertiary/aromatic N) is 2. The predicted octanol–water partition coefficient (Wildman–Crippen LogP) is 3.63. The standard InChI is InChI=1S/C29H40FN3O8S/c1-9-40-26(35)23-17(4)22-24(34)33(29(5,6)27(36)31-16(2)3)28(37)32(25(22)42-23)15-21(41-13-12-38-7)19-14-18(30)10-11-20(19)39-8/h10-11,14,16,21,28,37H,9,12-13,15H2,1-8H3,(H,31,36)/t21-,28?/m0/s1. The predicted molar refractivity (Wildman–Crippen MR) is 155 cm³/mol. The number of aliphatic hydroxyl groups is 1. The first-order chi connectivity index (χ1) is 19.8. The van der Waals surface area contributed by atoms with E-state index in [-0.39, 0.29) is 42.8 Å². The molecule has 0 fully saturated rings. The molecule has 2 N–H and O–H groups in total. The number of nitrogens with one attached hydrogen (secondary N) is 1. The normalized spacial score (nSPS) is 16.0. The van der Waals surface area contributed by atoms with Crippen molar-refractivity contribution in [2.24, 2.45) is 0 Å². The van der Waals surface area contributed by atoms with E-state index in [1.54, 1.807) is 27.7 Å². The first-order valence-electron chi connectivity index (χ1n) is 13.6. The average molecular weight is 610 g/mol. The van der Waals surface area contributed by atoms with Crippen molar-refractivity contribution >= 4 is 34.1 Å². The molecule has 2 amide bonds. The third kappa shape index (κ3) is 6.69. The van der Waals surface area contributed by atoms with Crippen LogP contribution in [0.5, 0.6) is 5.75 Å². The van der Waals surface area contributed by atoms with Gasteiger partial charge in [0.05, 0.1) is 39.0 Å². The number of methoxy groups -OCH3 is 2. The number of anilines is 1. The quantitative estimate of drug-likeness (QED) is 0.259. The summed E-state index contributed by atoms with van der Waals surface area (Å²) in [6.45, 7) is 10.3. The molecule has 0 bridgehead atoms. The molecule has 1 aromatic carbocycles. The van der Waals surface area contributed by atoms with Crippen LogP contribution in [0.15, 0.2) is 18.2 Å². The fourth-order valence-corrected chi connectivity index (χ4v) is 5.95. The minimum atomic E-state index is -1.65. The number of fused-ring (bicyclic) bond motifs is 1. The van der Waals surface area contributed by atoms with E-state index in [2.05, 4.69) is 5.32 Å². The number of carbonyl (C=O) groups excluding carboxylic acids is 3. The highest BCUT2D eigenvalue weighted by molar-refractivity contribution is 7.18. The number of benzene rings is 1. The van der Waals surface area contributed by atoms with Crippen LogP contribution in [0.4, 0.5) is 9.39 Å². The molecule has 42 heavy (non-hydrogen) atoms. The van der Waals surface area contributed by atoms with Crippen molar-refractivity contribution in [2.45, 2.75) is 65.6 Å². The number of carbonyl (C=O) groups is 3. The second kappa shape index (κ2) is 13.8. The number of hydrogen-bond acceptors (Lipinski definition) is 10. The lowest BCUT2D eigenvalue weighted by molar-refractivity contribution is -0.137. The Labute approximate surface area is 249 Å². The summed E-state index contributed by atoms with van der Waals surface area (Å²) in [6, 6.07) is 3.78. The van der Waals surface area contributed by atoms with E-state index in [4.69, 9.17) is 18.9 Å². The third-order valence-electron chi connectivity index (χ3n) is 6.88. The molecule has 1 aliphatic rings. The average Bonchev–Trinajstić information content (AvgIpc) is 3.27. The number of rotatable bonds is 13. The monoisotopic (exact) mass is 609 g/mol. The summed E-state index contributed by atoms with van der Waals surface area (Å²) in [6.07, 6.45) is -2.54. The van der Waals surface area contributed by atoms with Gasteiger partial charge in [-0.05, 0) is 65.3 Å². The zero-order valence-electron chi connectivity index (χ0n) is 25.3. The van der Waals surface area contributed by atoms with Crippen molar-refractivity contribution in [3.63, 3.8) is 0 Å². The molecule has 0 aliphatic carbocycles. The topological polar surface area (TPSA) is 127 Å². The molecule has 232 valence electrons. The second-order valence-electron chi connectivity index (χ2n) is 10.6. The number of hydrogen-bond donors (Lipinski definition) is 2. The Morgan fingerprint density at radius 2 is 1.90 bits per heavy atom. The summed E-state index contributed by atoms with van der Waals surface area (Å²) in [7, 11) is 2.96. The van der Waals surface area contributed by atoms with Gasteiger partial charge >= 0.3 is 5.97 Å². The van der Waals surface area contributed by atoms with E-state index in [1.165, 1.54) is 51.2 Å². The van der Waals surface area contributed by atoms with Crippen LogP contribution >= 0.6 is 11.3 Å². The summed E-state index contributed by atoms with van der Waals surface area (Å²) in [5.74, 6) is -1.89. The van der Waals surface area contributed by atoms with Gasteiger partial charge in [-0.3, -0.25) is 14.5 Å². The maximum Gasteiger partial charge on any atom is 0.348 e. The molecule has 13 heteroatoms. The molecule has 2 atom stereocenters. The van der Waals surface area contributed by atoms with E-state index in [0.717, 1.165) is 16.2 Å². The lowest BCUT2D eigenvalue weighted by Crippen LogP contribution is -2.67. The highest BCUT2D eigenvalue weighted by Gasteiger charge is 2.50. The minimum absolute atomic E-state index is 0.106. The maximum atomic E-state index is 14.5. The van der Waals surface area contributed by atoms with Gasteiger partial charge in [0, 0.05) is 18.7 Å². The van der Waals surface area contributed by atoms with Crippen LogP contribution in [0.3, 0.4) is 0 Å². The van der Waals surface area contributed by atoms with E-state index in [0.29, 0.717) is 21.9 Å². The first-order valence-corrected chi connectivity index (χ1v) is 14.4. The van der Waals surface area contributed by atoms with Crippen molar-refractivity contribution < 1.29 is 42.8 Å². The van der Waals surface area contributed by atoms with Gasteiger partial charge in [-0.15, -0.1) is 11.3 Å². The smallest absolute Gasteiger partial charge is 0.348 e. The SMILES string of the molecule is CCOC(=O)c1sc2c(c1C)C(=O)N(C(C)(C)C(=O)NC(C)C)C(O)N2C[C@H](OCCOC)c1cc(F)ccc1OC. The van der Waals surface area contributed by atoms with Crippen LogP contribution in [-0.2, 0) is 19.0 Å². The summed E-state index contributed by atoms with van der Waals surface area (Å²) in [4.78, 5) is 42.9. The lowest BCUT2D eigenvalue weighted by Gasteiger charge is -2.48. The molecule has 11 nitrogen and oxygen atoms in total. The Morgan fingerprint density at radius 3 is 2.50 bits per heavy atom. The van der Waals surface area contributed by atoms with Crippen LogP contribution in [-0.4, -0.2) is 86.3 Å². The molecular weight excluding hydrogens is 569 g/mol. The third-order valence-corrected chi connectivity index (χ3v) is 8.19. The number of esters is 1. The Balaban J connectivity index is 2.20. The highest BCUT2D eigenvalue weighted by Crippen LogP contribution is 2.44. The fraction of sp³-hybridized carbons (Fsp3) is 0.552. The van der Waals surface area contributed by atoms with Gasteiger partial charge in [-0.1, -0.05) is 0 Å². The van der Waals surface area contributed by atoms with Gasteiger partial charge in [0.2, 0.25) is 12.3 Å². The maximum absolute atomic E-state index is 14.5. The van der Waals surface area contributed by atoms with E-state index in [1.807, 2.05) is 0 Å². The van der Waals surface area contributed by atoms with E-state index < -0.39 is 41.6 Å². The molecule has 0 saturated carbocycles. The van der Waals surface area contributed by atoms with Crippen molar-refractivity contribution in [1.29, 1.82) is 0 Å². The molecule has 0 spiro atoms. The van der Waals surface area contributed by atoms with Gasteiger partial charge in [-0.2, -0.15) is 0 Å². The molecule has 0 saturated heterocycles. The molecule has 2 aromatic rings. The van der Waals surface area contributed by atoms with Crippen molar-refractivity contribution in [3.8, 4) is 5.75 Å². The molecule has 1 aliphatic heterocycles. The van der Waals surface area contributed by atoms with Crippen LogP contribution < -0.4 is 15.0 Å². The van der Waals surface area contributed by atoms with Gasteiger partial charge < -0.3 is 34.3 Å². The van der Waals surface area contributed by atoms with Crippen molar-refractivity contribution in [2.75, 3.05) is 45.5 Å². The van der Waals surface area contributed by atoms with Crippen molar-refractivity contribution in [1.82, 2.24) is 10.2 Å². The Bertz CT molecular complexity index is 1300. The molecule has 3 rings (SSSR count). The van der Waals surface area contributed by atoms with Gasteiger partial charge in [0.15, 0.2) is 0 Å². The fourth-order valence-electron chi connectivity index (χ4n) is 4.73. The number of halogens is 1. The number of thiophene rings is 1. The Hall–Kier alpha value is -3.26. The Morgan fingerprint density at radius 1 is 1.21 bits per heavy atom. The zero-order chi connectivity index (χ0) is 31.4. The summed E-state index contributed by atoms with van der Waals surface area (Å²) in [5, 5.41) is 14.9. The first kappa shape index (κ1) is 33.2. The van der Waals surface area contributed by atoms with E-state index in [9.17, 15) is 23.9 Å². The lowest BCUT2D eigenvalue weighted by atomic mass is 9.96. The highest BCUT2D eigenvalue weighted by atomic mass is 32.1. The van der Waals surface area contributed by atoms with Gasteiger partial charge in [-0.25, -0.2) is 9.18 Å². The van der Waals surface area contributed by atoms with Crippen LogP contribution in [0.1, 0.15) is 71.9 Å². The molecule has 2 heterocycles. The van der Waals surface area contributed by atoms with Crippen LogP contribution in [0, 0.1) is 12.7 Å². The van der Waals surface area contributed by atoms with E-state index >= 15 is 0 Å². The van der Waals surface area contributed by atoms with Crippen LogP contribution in [0.25, 0.3) is 0 Å². The van der Waals surface area contributed by atoms with Gasteiger partial charge in [0.1, 0.15) is 33.1 Å². The van der Waals surface area contributed by atoms with Crippen LogP contribution in [0.2, 0.25) is 0 Å². The zero-order valence-corrected chi connectivity index (χ0v) is 26.1. The molecule has 1 aromatic heterocycles. The minimum Gasteiger partial charge on any atom is -0.496 e. The van der Waals surface area contributed by atoms with Gasteiger partial charge in [0.25, 0.3) is 5.91 Å². The summed E-state index contributed by atoms with van der Waals surface area (Å²) >= 11 is 0.994. The number of ether oxygens (including phenoxy) is 4. The molecule has 1 unspecified atom stereocenters. The summed E-state index contributed by atoms with van der Waals surface area (Å²) in [5.41, 5.74) is -0.638. The molecule has 0 radical (unpaired) electrons.